The fraction of sp³-hybridized carbons (Fsp3) is 0.250. The van der Waals surface area contributed by atoms with Crippen molar-refractivity contribution >= 4 is 27.7 Å². The fourth-order valence-corrected chi connectivity index (χ4v) is 4.22. The maximum absolute atomic E-state index is 13.0. The van der Waals surface area contributed by atoms with E-state index in [4.69, 9.17) is 0 Å². The van der Waals surface area contributed by atoms with E-state index in [1.807, 2.05) is 54.3 Å². The predicted molar refractivity (Wildman–Crippen MR) is 117 cm³/mol. The third-order valence-corrected chi connectivity index (χ3v) is 5.90. The van der Waals surface area contributed by atoms with Crippen LogP contribution in [-0.2, 0) is 0 Å². The van der Waals surface area contributed by atoms with Gasteiger partial charge >= 0.3 is 0 Å². The van der Waals surface area contributed by atoms with Crippen molar-refractivity contribution in [2.75, 3.05) is 13.1 Å². The largest absolute Gasteiger partial charge is 0.337 e. The molecule has 0 bridgehead atoms. The molecular formula is C24H22N4O2. The molecule has 1 saturated heterocycles. The number of hydrogen-bond acceptors (Lipinski definition) is 4. The van der Waals surface area contributed by atoms with Crippen molar-refractivity contribution in [3.8, 4) is 0 Å². The number of nitrogens with zero attached hydrogens (tertiary/aromatic N) is 4. The average molecular weight is 398 g/mol. The SMILES string of the molecule is Cc1ccc2nc(C(=O)N3CCC(n4cnc5ccccc5c4=O)CC3)ccc2c1. The maximum atomic E-state index is 13.0. The highest BCUT2D eigenvalue weighted by atomic mass is 16.2. The van der Waals surface area contributed by atoms with Gasteiger partial charge in [0, 0.05) is 24.5 Å². The van der Waals surface area contributed by atoms with E-state index in [0.717, 1.165) is 23.7 Å². The van der Waals surface area contributed by atoms with Gasteiger partial charge in [0.25, 0.3) is 11.5 Å². The molecule has 1 amide bonds. The first-order chi connectivity index (χ1) is 14.6. The van der Waals surface area contributed by atoms with Crippen molar-refractivity contribution in [1.29, 1.82) is 0 Å². The second-order valence-electron chi connectivity index (χ2n) is 7.89. The molecule has 1 aliphatic heterocycles. The van der Waals surface area contributed by atoms with E-state index in [-0.39, 0.29) is 17.5 Å². The highest BCUT2D eigenvalue weighted by Gasteiger charge is 2.26. The van der Waals surface area contributed by atoms with Crippen LogP contribution in [0, 0.1) is 6.92 Å². The first kappa shape index (κ1) is 18.5. The second kappa shape index (κ2) is 7.37. The Kier molecular flexibility index (Phi) is 4.54. The Labute approximate surface area is 173 Å². The third kappa shape index (κ3) is 3.24. The Morgan fingerprint density at radius 1 is 1.00 bits per heavy atom. The Hall–Kier alpha value is -3.54. The van der Waals surface area contributed by atoms with Crippen LogP contribution in [0.4, 0.5) is 0 Å². The normalized spacial score (nSPS) is 15.0. The number of aryl methyl sites for hydroxylation is 1. The summed E-state index contributed by atoms with van der Waals surface area (Å²) in [6, 6.07) is 17.2. The lowest BCUT2D eigenvalue weighted by molar-refractivity contribution is 0.0687. The van der Waals surface area contributed by atoms with Gasteiger partial charge in [-0.2, -0.15) is 0 Å². The van der Waals surface area contributed by atoms with E-state index in [0.29, 0.717) is 29.7 Å². The van der Waals surface area contributed by atoms with Crippen LogP contribution in [0.15, 0.2) is 65.7 Å². The van der Waals surface area contributed by atoms with Gasteiger partial charge in [0.15, 0.2) is 0 Å². The van der Waals surface area contributed by atoms with Gasteiger partial charge in [0.2, 0.25) is 0 Å². The highest BCUT2D eigenvalue weighted by Crippen LogP contribution is 2.23. The van der Waals surface area contributed by atoms with Gasteiger partial charge < -0.3 is 4.90 Å². The molecule has 5 rings (SSSR count). The molecular weight excluding hydrogens is 376 g/mol. The minimum absolute atomic E-state index is 0.0168. The molecule has 3 heterocycles. The lowest BCUT2D eigenvalue weighted by Crippen LogP contribution is -2.41. The number of fused-ring (bicyclic) bond motifs is 2. The summed E-state index contributed by atoms with van der Waals surface area (Å²) < 4.78 is 1.72. The lowest BCUT2D eigenvalue weighted by atomic mass is 10.0. The zero-order valence-electron chi connectivity index (χ0n) is 16.8. The van der Waals surface area contributed by atoms with Gasteiger partial charge in [-0.25, -0.2) is 9.97 Å². The topological polar surface area (TPSA) is 68.1 Å². The number of para-hydroxylation sites is 1. The molecule has 0 spiro atoms. The zero-order valence-corrected chi connectivity index (χ0v) is 16.8. The molecule has 30 heavy (non-hydrogen) atoms. The van der Waals surface area contributed by atoms with E-state index >= 15 is 0 Å². The van der Waals surface area contributed by atoms with E-state index in [2.05, 4.69) is 16.0 Å². The van der Waals surface area contributed by atoms with Crippen LogP contribution in [-0.4, -0.2) is 38.4 Å². The Morgan fingerprint density at radius 2 is 1.80 bits per heavy atom. The molecule has 0 saturated carbocycles. The van der Waals surface area contributed by atoms with E-state index < -0.39 is 0 Å². The van der Waals surface area contributed by atoms with Crippen molar-refractivity contribution in [1.82, 2.24) is 19.4 Å². The van der Waals surface area contributed by atoms with Crippen molar-refractivity contribution in [2.24, 2.45) is 0 Å². The number of benzene rings is 2. The van der Waals surface area contributed by atoms with Crippen molar-refractivity contribution in [3.63, 3.8) is 0 Å². The number of amides is 1. The zero-order chi connectivity index (χ0) is 20.7. The molecule has 150 valence electrons. The molecule has 1 fully saturated rings. The van der Waals surface area contributed by atoms with Crippen molar-refractivity contribution < 1.29 is 4.79 Å². The van der Waals surface area contributed by atoms with Crippen LogP contribution in [0.25, 0.3) is 21.8 Å². The Bertz CT molecular complexity index is 1320. The summed E-state index contributed by atoms with van der Waals surface area (Å²) in [6.07, 6.45) is 3.08. The molecule has 0 N–H and O–H groups in total. The number of carbonyl (C=O) groups is 1. The summed E-state index contributed by atoms with van der Waals surface area (Å²) in [5.41, 5.74) is 3.16. The molecule has 0 aliphatic carbocycles. The maximum Gasteiger partial charge on any atom is 0.272 e. The summed E-state index contributed by atoms with van der Waals surface area (Å²) in [5.74, 6) is -0.0556. The van der Waals surface area contributed by atoms with Crippen LogP contribution in [0.1, 0.15) is 34.9 Å². The van der Waals surface area contributed by atoms with Crippen LogP contribution in [0.3, 0.4) is 0 Å². The predicted octanol–water partition coefficient (Wildman–Crippen LogP) is 3.73. The van der Waals surface area contributed by atoms with Crippen LogP contribution >= 0.6 is 0 Å². The average Bonchev–Trinajstić information content (AvgIpc) is 2.79. The first-order valence-corrected chi connectivity index (χ1v) is 10.2. The van der Waals surface area contributed by atoms with E-state index in [1.54, 1.807) is 17.0 Å². The number of rotatable bonds is 2. The first-order valence-electron chi connectivity index (χ1n) is 10.2. The van der Waals surface area contributed by atoms with Gasteiger partial charge in [-0.05, 0) is 50.1 Å². The Balaban J connectivity index is 1.33. The number of hydrogen-bond donors (Lipinski definition) is 0. The number of aromatic nitrogens is 3. The van der Waals surface area contributed by atoms with E-state index in [9.17, 15) is 9.59 Å². The minimum Gasteiger partial charge on any atom is -0.337 e. The monoisotopic (exact) mass is 398 g/mol. The summed E-state index contributed by atoms with van der Waals surface area (Å²) in [4.78, 5) is 36.6. The third-order valence-electron chi connectivity index (χ3n) is 5.90. The molecule has 1 aliphatic rings. The molecule has 2 aromatic heterocycles. The fourth-order valence-electron chi connectivity index (χ4n) is 4.22. The summed E-state index contributed by atoms with van der Waals surface area (Å²) >= 11 is 0. The molecule has 0 atom stereocenters. The van der Waals surface area contributed by atoms with Crippen molar-refractivity contribution in [3.05, 3.63) is 82.5 Å². The second-order valence-corrected chi connectivity index (χ2v) is 7.89. The van der Waals surface area contributed by atoms with Gasteiger partial charge in [0.05, 0.1) is 22.7 Å². The van der Waals surface area contributed by atoms with Gasteiger partial charge in [-0.3, -0.25) is 14.2 Å². The van der Waals surface area contributed by atoms with Crippen LogP contribution in [0.2, 0.25) is 0 Å². The van der Waals surface area contributed by atoms with Gasteiger partial charge in [-0.1, -0.05) is 29.8 Å². The summed E-state index contributed by atoms with van der Waals surface area (Å²) in [7, 11) is 0. The van der Waals surface area contributed by atoms with Crippen LogP contribution < -0.4 is 5.56 Å². The quantitative estimate of drug-likeness (QED) is 0.516. The minimum atomic E-state index is -0.0556. The number of piperidine rings is 1. The molecule has 6 nitrogen and oxygen atoms in total. The Morgan fingerprint density at radius 3 is 2.63 bits per heavy atom. The molecule has 0 unspecified atom stereocenters. The van der Waals surface area contributed by atoms with Gasteiger partial charge in [0.1, 0.15) is 5.69 Å². The summed E-state index contributed by atoms with van der Waals surface area (Å²) in [6.45, 7) is 3.23. The lowest BCUT2D eigenvalue weighted by Gasteiger charge is -2.32. The number of carbonyl (C=O) groups excluding carboxylic acids is 1. The smallest absolute Gasteiger partial charge is 0.272 e. The van der Waals surface area contributed by atoms with Crippen molar-refractivity contribution in [2.45, 2.75) is 25.8 Å². The van der Waals surface area contributed by atoms with Crippen LogP contribution in [0.5, 0.6) is 0 Å². The van der Waals surface area contributed by atoms with E-state index in [1.165, 1.54) is 5.56 Å². The molecule has 4 aromatic rings. The summed E-state index contributed by atoms with van der Waals surface area (Å²) in [5, 5.41) is 1.67. The number of pyridine rings is 1. The highest BCUT2D eigenvalue weighted by molar-refractivity contribution is 5.95. The van der Waals surface area contributed by atoms with Gasteiger partial charge in [-0.15, -0.1) is 0 Å². The number of likely N-dealkylation sites (tertiary alicyclic amines) is 1. The molecule has 0 radical (unpaired) electrons. The standard InChI is InChI=1S/C24H22N4O2/c1-16-6-8-20-17(14-16)7-9-22(26-20)24(30)27-12-10-18(11-13-27)28-15-25-21-5-3-2-4-19(21)23(28)29/h2-9,14-15,18H,10-13H2,1H3. The molecule has 2 aromatic carbocycles. The molecule has 6 heteroatoms.